The van der Waals surface area contributed by atoms with Crippen LogP contribution in [-0.2, 0) is 24.8 Å². The fourth-order valence-electron chi connectivity index (χ4n) is 6.35. The second-order valence-electron chi connectivity index (χ2n) is 10.7. The lowest BCUT2D eigenvalue weighted by Gasteiger charge is -2.43. The number of aliphatic hydroxyl groups is 1. The number of carbonyl (C=O) groups is 2. The molecule has 1 fully saturated rings. The van der Waals surface area contributed by atoms with Gasteiger partial charge in [-0.25, -0.2) is 0 Å². The Morgan fingerprint density at radius 3 is 2.42 bits per heavy atom. The average Bonchev–Trinajstić information content (AvgIpc) is 3.22. The van der Waals surface area contributed by atoms with Crippen LogP contribution in [0.4, 0.5) is 5.69 Å². The maximum absolute atomic E-state index is 13.9. The van der Waals surface area contributed by atoms with Crippen molar-refractivity contribution in [1.82, 2.24) is 0 Å². The highest BCUT2D eigenvalue weighted by Crippen LogP contribution is 2.65. The summed E-state index contributed by atoms with van der Waals surface area (Å²) in [5, 5.41) is 11.6. The lowest BCUT2D eigenvalue weighted by Crippen LogP contribution is -2.47. The first kappa shape index (κ1) is 24.5. The average molecular weight is 492 g/mol. The van der Waals surface area contributed by atoms with Crippen molar-refractivity contribution < 1.29 is 28.9 Å². The summed E-state index contributed by atoms with van der Waals surface area (Å²) >= 11 is 0. The Bertz CT molecular complexity index is 1230. The lowest BCUT2D eigenvalue weighted by atomic mass is 9.70. The number of rotatable bonds is 5. The topological polar surface area (TPSA) is 85.3 Å². The molecule has 2 aliphatic heterocycles. The Hall–Kier alpha value is -3.16. The van der Waals surface area contributed by atoms with Gasteiger partial charge in [0, 0.05) is 23.3 Å². The van der Waals surface area contributed by atoms with E-state index in [1.807, 2.05) is 59.5 Å². The summed E-state index contributed by atoms with van der Waals surface area (Å²) in [5.41, 5.74) is 1.09. The summed E-state index contributed by atoms with van der Waals surface area (Å²) in [7, 11) is 1.60. The third-order valence-electron chi connectivity index (χ3n) is 7.56. The van der Waals surface area contributed by atoms with Gasteiger partial charge in [-0.05, 0) is 37.8 Å². The van der Waals surface area contributed by atoms with Crippen LogP contribution >= 0.6 is 0 Å². The van der Waals surface area contributed by atoms with Gasteiger partial charge in [-0.3, -0.25) is 9.59 Å². The maximum Gasteiger partial charge on any atom is 0.315 e. The lowest BCUT2D eigenvalue weighted by molar-refractivity contribution is -0.231. The van der Waals surface area contributed by atoms with Gasteiger partial charge < -0.3 is 24.2 Å². The number of ketones is 1. The highest BCUT2D eigenvalue weighted by molar-refractivity contribution is 6.02. The van der Waals surface area contributed by atoms with Crippen molar-refractivity contribution in [3.63, 3.8) is 0 Å². The van der Waals surface area contributed by atoms with E-state index in [0.717, 1.165) is 11.3 Å². The van der Waals surface area contributed by atoms with Gasteiger partial charge in [0.25, 0.3) is 0 Å². The number of hydrogen-bond acceptors (Lipinski definition) is 7. The van der Waals surface area contributed by atoms with Crippen molar-refractivity contribution in [3.05, 3.63) is 71.4 Å². The number of anilines is 1. The first-order valence-corrected chi connectivity index (χ1v) is 12.4. The summed E-state index contributed by atoms with van der Waals surface area (Å²) in [5.74, 6) is -3.81. The van der Waals surface area contributed by atoms with E-state index in [1.165, 1.54) is 6.92 Å². The molecule has 0 aromatic heterocycles. The van der Waals surface area contributed by atoms with Crippen molar-refractivity contribution in [2.24, 2.45) is 17.3 Å². The molecule has 2 aromatic rings. The number of para-hydroxylation sites is 2. The molecule has 2 heterocycles. The molecule has 7 heteroatoms. The van der Waals surface area contributed by atoms with Gasteiger partial charge >= 0.3 is 5.97 Å². The zero-order chi connectivity index (χ0) is 25.9. The predicted octanol–water partition coefficient (Wildman–Crippen LogP) is 4.55. The predicted molar refractivity (Wildman–Crippen MR) is 134 cm³/mol. The van der Waals surface area contributed by atoms with E-state index < -0.39 is 29.3 Å². The van der Waals surface area contributed by atoms with Crippen LogP contribution in [0.2, 0.25) is 0 Å². The number of nitrogens with zero attached hydrogens (tertiary/aromatic N) is 1. The summed E-state index contributed by atoms with van der Waals surface area (Å²) in [6.45, 7) is 7.49. The van der Waals surface area contributed by atoms with E-state index in [-0.39, 0.29) is 17.8 Å². The van der Waals surface area contributed by atoms with E-state index in [9.17, 15) is 14.7 Å². The Balaban J connectivity index is 1.87. The molecule has 0 saturated carbocycles. The molecule has 1 saturated heterocycles. The largest absolute Gasteiger partial charge is 0.495 e. The number of hydrogen-bond donors (Lipinski definition) is 1. The molecule has 1 aliphatic carbocycles. The summed E-state index contributed by atoms with van der Waals surface area (Å²) in [6.07, 6.45) is 0.933. The van der Waals surface area contributed by atoms with Gasteiger partial charge in [0.2, 0.25) is 0 Å². The minimum Gasteiger partial charge on any atom is -0.495 e. The third kappa shape index (κ3) is 3.48. The molecule has 5 rings (SSSR count). The third-order valence-corrected chi connectivity index (χ3v) is 7.56. The molecule has 1 N–H and O–H groups in total. The highest BCUT2D eigenvalue weighted by Gasteiger charge is 2.72. The van der Waals surface area contributed by atoms with Crippen LogP contribution in [0.1, 0.15) is 46.1 Å². The summed E-state index contributed by atoms with van der Waals surface area (Å²) < 4.78 is 17.8. The van der Waals surface area contributed by atoms with E-state index >= 15 is 0 Å². The quantitative estimate of drug-likeness (QED) is 0.615. The van der Waals surface area contributed by atoms with E-state index in [0.29, 0.717) is 29.9 Å². The number of benzene rings is 2. The number of methoxy groups -OCH3 is 1. The van der Waals surface area contributed by atoms with Crippen LogP contribution in [0, 0.1) is 17.3 Å². The minimum atomic E-state index is -1.89. The van der Waals surface area contributed by atoms with Gasteiger partial charge in [-0.1, -0.05) is 56.3 Å². The number of carbonyl (C=O) groups excluding carboxylic acids is 2. The zero-order valence-corrected chi connectivity index (χ0v) is 21.4. The second-order valence-corrected chi connectivity index (χ2v) is 10.7. The molecule has 36 heavy (non-hydrogen) atoms. The number of Topliss-reactive ketones (excluding diaryl/α,β-unsaturated/α-hetero) is 1. The van der Waals surface area contributed by atoms with Gasteiger partial charge in [-0.15, -0.1) is 0 Å². The maximum atomic E-state index is 13.9. The fourth-order valence-corrected chi connectivity index (χ4v) is 6.35. The van der Waals surface area contributed by atoms with Crippen molar-refractivity contribution in [2.45, 2.75) is 52.0 Å². The summed E-state index contributed by atoms with van der Waals surface area (Å²) in [4.78, 5) is 29.3. The van der Waals surface area contributed by atoms with Crippen molar-refractivity contribution >= 4 is 17.4 Å². The van der Waals surface area contributed by atoms with Crippen molar-refractivity contribution in [2.75, 3.05) is 18.6 Å². The van der Waals surface area contributed by atoms with E-state index in [4.69, 9.17) is 14.2 Å². The first-order chi connectivity index (χ1) is 17.1. The fraction of sp³-hybridized carbons (Fsp3) is 0.448. The van der Waals surface area contributed by atoms with Crippen LogP contribution in [-0.4, -0.2) is 36.4 Å². The minimum absolute atomic E-state index is 0.0421. The molecular formula is C29H33NO6. The van der Waals surface area contributed by atoms with Crippen LogP contribution in [0.15, 0.2) is 65.9 Å². The Morgan fingerprint density at radius 1 is 1.08 bits per heavy atom. The standard InChI is InChI=1S/C29H33NO6/c1-6-35-26(32)25-24-23-20(16-27(2,3)17-21(23)31)30(19-14-10-11-15-22(19)34-5)29(24,36-28(25,4)33)18-12-8-7-9-13-18/h7-15,24-25,33H,6,16-17H2,1-5H3. The van der Waals surface area contributed by atoms with E-state index in [2.05, 4.69) is 13.8 Å². The van der Waals surface area contributed by atoms with Crippen molar-refractivity contribution in [1.29, 1.82) is 0 Å². The second kappa shape index (κ2) is 8.46. The van der Waals surface area contributed by atoms with Gasteiger partial charge in [0.05, 0.1) is 25.3 Å². The Labute approximate surface area is 211 Å². The highest BCUT2D eigenvalue weighted by atomic mass is 16.7. The van der Waals surface area contributed by atoms with E-state index in [1.54, 1.807) is 14.0 Å². The van der Waals surface area contributed by atoms with Crippen LogP contribution in [0.25, 0.3) is 0 Å². The van der Waals surface area contributed by atoms with Crippen molar-refractivity contribution in [3.8, 4) is 5.75 Å². The molecule has 7 nitrogen and oxygen atoms in total. The van der Waals surface area contributed by atoms with Gasteiger partial charge in [0.15, 0.2) is 17.3 Å². The molecule has 0 bridgehead atoms. The molecule has 190 valence electrons. The van der Waals surface area contributed by atoms with Crippen LogP contribution in [0.5, 0.6) is 5.75 Å². The summed E-state index contributed by atoms with van der Waals surface area (Å²) in [6, 6.07) is 17.0. The normalized spacial score (nSPS) is 30.7. The smallest absolute Gasteiger partial charge is 0.315 e. The molecule has 0 amide bonds. The molecule has 0 radical (unpaired) electrons. The Morgan fingerprint density at radius 2 is 1.75 bits per heavy atom. The van der Waals surface area contributed by atoms with Gasteiger partial charge in [0.1, 0.15) is 11.7 Å². The number of esters is 1. The van der Waals surface area contributed by atoms with Crippen LogP contribution < -0.4 is 9.64 Å². The van der Waals surface area contributed by atoms with Gasteiger partial charge in [-0.2, -0.15) is 0 Å². The molecular weight excluding hydrogens is 458 g/mol. The number of fused-ring (bicyclic) bond motifs is 2. The van der Waals surface area contributed by atoms with Crippen LogP contribution in [0.3, 0.4) is 0 Å². The molecule has 4 unspecified atom stereocenters. The molecule has 0 spiro atoms. The number of ether oxygens (including phenoxy) is 3. The SMILES string of the molecule is CCOC(=O)C1C2C3=C(CC(C)(C)CC3=O)N(c3ccccc3OC)C2(c2ccccc2)OC1(C)O. The Kier molecular flexibility index (Phi) is 5.76. The molecule has 4 atom stereocenters. The molecule has 2 aromatic carbocycles. The first-order valence-electron chi connectivity index (χ1n) is 12.4. The number of allylic oxidation sites excluding steroid dienone is 1. The monoisotopic (exact) mass is 491 g/mol. The zero-order valence-electron chi connectivity index (χ0n) is 21.4. The molecule has 3 aliphatic rings.